The molecule has 9 atom stereocenters. The number of halogens is 2. The molecule has 10 fully saturated rings. The second kappa shape index (κ2) is 48.4. The molecule has 10 aromatic rings. The summed E-state index contributed by atoms with van der Waals surface area (Å²) in [5.41, 5.74) is 22.8. The van der Waals surface area contributed by atoms with E-state index in [9.17, 15) is 33.1 Å². The molecule has 0 radical (unpaired) electrons. The number of nitrogens with one attached hydrogen (secondary N) is 2. The number of nitrogens with two attached hydrogens (primary N) is 3. The average Bonchev–Trinajstić information content (AvgIpc) is 1.63. The molecule has 774 valence electrons. The summed E-state index contributed by atoms with van der Waals surface area (Å²) in [5, 5.41) is 31.3. The molecule has 1 amide bonds. The molecule has 10 aromatic heterocycles. The van der Waals surface area contributed by atoms with Crippen LogP contribution < -0.4 is 70.5 Å². The summed E-state index contributed by atoms with van der Waals surface area (Å²) >= 11 is 0. The number of anilines is 7. The average molecular weight is 2000 g/mol. The number of rotatable bonds is 41. The number of H-pyrrole nitrogens is 1. The van der Waals surface area contributed by atoms with Crippen molar-refractivity contribution >= 4 is 75.3 Å². The number of hydrogen-bond donors (Lipinski definition) is 6. The van der Waals surface area contributed by atoms with Crippen LogP contribution in [0.25, 0.3) is 22.2 Å². The fourth-order valence-corrected chi connectivity index (χ4v) is 19.1. The number of pyridine rings is 2. The SMILES string of the molecule is CC(CC(=O)c1cc(N2CCC(COc3cncnc3N)CC2)nc(OC[C@H]2C[C@H]2C#N)n1)C1CC1.CC(CC(=O)c1cc(N2CCC(COc3cncnc3N)CC2)nc(OC[C@H]2C[C@H]2C#N)n1)C1CC1.CCCC(=O)c1nc(CCC2CC2(F)F)nc(N2CCC(COc3cc(-c4ccn(C)c4)cnc3N)CC2)n1.C[C@H](CO)NC(=O)c1nc(OC[C@H]2CCCO2)nc(N2CCC(c3c[nH]c4ncccc34)CC2)n1. The van der Waals surface area contributed by atoms with Gasteiger partial charge in [0.2, 0.25) is 23.5 Å². The standard InChI is InChI=1S/C28H35F2N7O2.2C26H33N7O3.C24H31N7O4/c1-3-4-22(38)26-33-24(6-5-21-14-28(21,29)30)34-27(35-26)37-11-7-18(8-12-37)17-39-23-13-20(15-32-25(23)31)19-9-10-36(2)16-19;2*1-16(18-2-3-18)8-22(34)21-10-24(32-26(31-21)36-14-20-9-19(20)11-27)33-6-4-17(5-7-33)13-35-23-12-29-15-30-25(23)28;1-15(13-32)27-22(33)21-28-23(30-24(29-21)35-14-17-4-3-11-34-17)31-9-6-16(7-10-31)19-12-26-20-18(19)5-2-8-25-20/h9-10,13,15-16,18,21H,3-8,11-12,14,17H2,1-2H3,(H2,31,32);2*10,12,15-20H,2-9,13-14H2,1H3,(H2,28,29,30);2,5,8,12,15-17,32H,3-4,6-7,9-11,13-14H2,1H3,(H,25,26)(H,27,33)/t;2*16?,19-,20+;15-,17-/m.001/s1. The molecule has 0 spiro atoms. The number of hydrogen-bond acceptors (Lipinski definition) is 37. The Morgan fingerprint density at radius 2 is 1.11 bits per heavy atom. The molecule has 15 heterocycles. The first-order chi connectivity index (χ1) is 70.8. The van der Waals surface area contributed by atoms with E-state index in [2.05, 4.69) is 143 Å². The van der Waals surface area contributed by atoms with Crippen molar-refractivity contribution < 1.29 is 66.2 Å². The Hall–Kier alpha value is -13.9. The van der Waals surface area contributed by atoms with Crippen LogP contribution in [0.5, 0.6) is 35.3 Å². The Bertz CT molecular complexity index is 6030. The van der Waals surface area contributed by atoms with Crippen LogP contribution in [-0.2, 0) is 18.2 Å². The number of ether oxygens (including phenoxy) is 7. The highest BCUT2D eigenvalue weighted by molar-refractivity contribution is 5.96. The van der Waals surface area contributed by atoms with Gasteiger partial charge in [0.15, 0.2) is 52.1 Å². The fourth-order valence-electron chi connectivity index (χ4n) is 19.1. The minimum Gasteiger partial charge on any atom is -0.489 e. The number of ketones is 3. The third kappa shape index (κ3) is 28.4. The number of nitriles is 2. The highest BCUT2D eigenvalue weighted by atomic mass is 19.3. The summed E-state index contributed by atoms with van der Waals surface area (Å²) in [7, 11) is 1.97. The second-order valence-corrected chi connectivity index (χ2v) is 40.6. The molecule has 10 aliphatic rings. The topological polar surface area (TPSA) is 531 Å². The van der Waals surface area contributed by atoms with E-state index < -0.39 is 23.8 Å². The van der Waals surface area contributed by atoms with Crippen molar-refractivity contribution in [2.45, 2.75) is 199 Å². The molecule has 20 rings (SSSR count). The van der Waals surface area contributed by atoms with Gasteiger partial charge in [0.1, 0.15) is 53.8 Å². The first-order valence-electron chi connectivity index (χ1n) is 51.6. The smallest absolute Gasteiger partial charge is 0.322 e. The van der Waals surface area contributed by atoms with E-state index in [1.165, 1.54) is 43.9 Å². The molecule has 146 heavy (non-hydrogen) atoms. The van der Waals surface area contributed by atoms with Gasteiger partial charge < -0.3 is 89.9 Å². The molecular formula is C104H132F2N28O12. The second-order valence-electron chi connectivity index (χ2n) is 40.6. The Morgan fingerprint density at radius 1 is 0.582 bits per heavy atom. The number of fused-ring (bicyclic) bond motifs is 1. The third-order valence-corrected chi connectivity index (χ3v) is 29.2. The fraction of sp³-hybridized carbons (Fsp3) is 0.577. The lowest BCUT2D eigenvalue weighted by Crippen LogP contribution is -2.38. The zero-order valence-electron chi connectivity index (χ0n) is 83.6. The van der Waals surface area contributed by atoms with Crippen LogP contribution in [0, 0.1) is 93.7 Å². The molecule has 40 nitrogen and oxygen atoms in total. The Labute approximate surface area is 847 Å². The number of alkyl halides is 2. The van der Waals surface area contributed by atoms with Gasteiger partial charge in [-0.05, 0) is 200 Å². The number of aliphatic hydroxyl groups excluding tert-OH is 1. The summed E-state index contributed by atoms with van der Waals surface area (Å²) in [4.78, 5) is 133. The molecule has 5 saturated heterocycles. The van der Waals surface area contributed by atoms with Gasteiger partial charge in [0, 0.05) is 182 Å². The molecule has 5 saturated carbocycles. The number of aryl methyl sites for hydroxylation is 2. The van der Waals surface area contributed by atoms with Gasteiger partial charge in [-0.15, -0.1) is 0 Å². The van der Waals surface area contributed by atoms with Crippen molar-refractivity contribution in [3.05, 3.63) is 127 Å². The number of aromatic amines is 1. The van der Waals surface area contributed by atoms with Gasteiger partial charge in [-0.2, -0.15) is 55.4 Å². The number of Topliss-reactive ketones (excluding diaryl/α,β-unsaturated/α-hetero) is 3. The van der Waals surface area contributed by atoms with Gasteiger partial charge >= 0.3 is 18.0 Å². The van der Waals surface area contributed by atoms with Crippen molar-refractivity contribution in [2.75, 3.05) is 142 Å². The van der Waals surface area contributed by atoms with E-state index in [0.29, 0.717) is 202 Å². The monoisotopic (exact) mass is 2000 g/mol. The lowest BCUT2D eigenvalue weighted by molar-refractivity contribution is 0.0642. The van der Waals surface area contributed by atoms with Crippen LogP contribution in [0.4, 0.5) is 49.8 Å². The number of piperidine rings is 4. The normalized spacial score (nSPS) is 20.8. The summed E-state index contributed by atoms with van der Waals surface area (Å²) in [6.07, 6.45) is 33.8. The van der Waals surface area contributed by atoms with Gasteiger partial charge in [0.05, 0.1) is 82.1 Å². The largest absolute Gasteiger partial charge is 0.489 e. The highest BCUT2D eigenvalue weighted by Gasteiger charge is 2.56. The van der Waals surface area contributed by atoms with Crippen LogP contribution in [0.1, 0.15) is 228 Å². The minimum absolute atomic E-state index is 0.00307. The van der Waals surface area contributed by atoms with Crippen LogP contribution in [0.15, 0.2) is 92.4 Å². The molecule has 0 aromatic carbocycles. The number of nitrogen functional groups attached to an aromatic ring is 3. The molecular weight excluding hydrogens is 1870 g/mol. The van der Waals surface area contributed by atoms with Crippen LogP contribution in [0.2, 0.25) is 0 Å². The van der Waals surface area contributed by atoms with Crippen molar-refractivity contribution in [1.29, 1.82) is 10.5 Å². The maximum absolute atomic E-state index is 13.4. The third-order valence-electron chi connectivity index (χ3n) is 29.2. The highest BCUT2D eigenvalue weighted by Crippen LogP contribution is 2.51. The number of aromatic nitrogens is 18. The van der Waals surface area contributed by atoms with Crippen molar-refractivity contribution in [3.8, 4) is 58.5 Å². The zero-order valence-corrected chi connectivity index (χ0v) is 83.6. The van der Waals surface area contributed by atoms with Crippen LogP contribution in [0.3, 0.4) is 0 Å². The van der Waals surface area contributed by atoms with E-state index in [1.54, 1.807) is 31.7 Å². The van der Waals surface area contributed by atoms with Crippen molar-refractivity contribution in [2.24, 2.45) is 78.1 Å². The van der Waals surface area contributed by atoms with Gasteiger partial charge in [-0.1, -0.05) is 20.8 Å². The minimum atomic E-state index is -2.58. The van der Waals surface area contributed by atoms with E-state index >= 15 is 0 Å². The predicted octanol–water partition coefficient (Wildman–Crippen LogP) is 13.1. The molecule has 5 aliphatic carbocycles. The van der Waals surface area contributed by atoms with E-state index in [4.69, 9.17) is 60.9 Å². The number of carbonyl (C=O) groups excluding carboxylic acids is 4. The zero-order chi connectivity index (χ0) is 102. The quantitative estimate of drug-likeness (QED) is 0.0194. The number of carbonyl (C=O) groups is 4. The number of amides is 1. The summed E-state index contributed by atoms with van der Waals surface area (Å²) in [6.45, 7) is 17.2. The summed E-state index contributed by atoms with van der Waals surface area (Å²) in [6, 6.07) is 16.3. The number of nitrogens with zero attached hydrogens (tertiary/aromatic N) is 23. The van der Waals surface area contributed by atoms with Gasteiger partial charge in [0.25, 0.3) is 11.8 Å². The maximum atomic E-state index is 13.4. The van der Waals surface area contributed by atoms with Crippen LogP contribution >= 0.6 is 0 Å². The van der Waals surface area contributed by atoms with E-state index in [-0.39, 0.29) is 89.8 Å². The van der Waals surface area contributed by atoms with Crippen molar-refractivity contribution in [3.63, 3.8) is 0 Å². The summed E-state index contributed by atoms with van der Waals surface area (Å²) in [5.74, 6) is 5.73. The Kier molecular flexibility index (Phi) is 34.3. The predicted molar refractivity (Wildman–Crippen MR) is 537 cm³/mol. The van der Waals surface area contributed by atoms with E-state index in [1.807, 2.05) is 66.2 Å². The van der Waals surface area contributed by atoms with Gasteiger partial charge in [-0.3, -0.25) is 19.2 Å². The van der Waals surface area contributed by atoms with E-state index in [0.717, 1.165) is 157 Å². The first-order valence-corrected chi connectivity index (χ1v) is 51.6. The Balaban J connectivity index is 0.000000133. The molecule has 42 heteroatoms. The summed E-state index contributed by atoms with van der Waals surface area (Å²) < 4.78 is 69.7. The molecule has 5 aliphatic heterocycles. The molecule has 9 N–H and O–H groups in total. The lowest BCUT2D eigenvalue weighted by atomic mass is 9.89. The lowest BCUT2D eigenvalue weighted by Gasteiger charge is -2.32. The van der Waals surface area contributed by atoms with Crippen LogP contribution in [-0.4, -0.2) is 241 Å². The maximum Gasteiger partial charge on any atom is 0.322 e. The molecule has 0 bridgehead atoms. The molecule has 3 unspecified atom stereocenters. The van der Waals surface area contributed by atoms with Crippen molar-refractivity contribution in [1.82, 2.24) is 94.6 Å². The van der Waals surface area contributed by atoms with Gasteiger partial charge in [-0.25, -0.2) is 43.7 Å². The Morgan fingerprint density at radius 3 is 1.62 bits per heavy atom. The number of aliphatic hydroxyl groups is 1. The first kappa shape index (κ1) is 104.